The number of hydrogen-bond acceptors (Lipinski definition) is 2. The predicted octanol–water partition coefficient (Wildman–Crippen LogP) is 1.87. The van der Waals surface area contributed by atoms with Gasteiger partial charge in [0.1, 0.15) is 0 Å². The van der Waals surface area contributed by atoms with Gasteiger partial charge >= 0.3 is 6.18 Å². The fourth-order valence-electron chi connectivity index (χ4n) is 1.01. The second-order valence-electron chi connectivity index (χ2n) is 2.69. The molecule has 0 atom stereocenters. The van der Waals surface area contributed by atoms with E-state index in [1.165, 1.54) is 6.92 Å². The van der Waals surface area contributed by atoms with Crippen LogP contribution in [0.5, 0.6) is 0 Å². The molecule has 0 unspecified atom stereocenters. The van der Waals surface area contributed by atoms with Crippen LogP contribution in [0.1, 0.15) is 17.0 Å². The van der Waals surface area contributed by atoms with E-state index in [0.717, 1.165) is 12.1 Å². The van der Waals surface area contributed by atoms with Gasteiger partial charge in [0, 0.05) is 12.2 Å². The van der Waals surface area contributed by atoms with Gasteiger partial charge in [-0.2, -0.15) is 13.2 Å². The van der Waals surface area contributed by atoms with Gasteiger partial charge in [0.15, 0.2) is 0 Å². The number of nitrogens with two attached hydrogens (primary N) is 1. The van der Waals surface area contributed by atoms with E-state index >= 15 is 0 Å². The number of alkyl halides is 3. The SMILES string of the molecule is Cc1cc(C(F)(F)F)cc(CN)n1. The average molecular weight is 190 g/mol. The van der Waals surface area contributed by atoms with Crippen molar-refractivity contribution in [1.82, 2.24) is 4.98 Å². The number of pyridine rings is 1. The monoisotopic (exact) mass is 190 g/mol. The minimum absolute atomic E-state index is 0.0186. The molecule has 0 bridgehead atoms. The van der Waals surface area contributed by atoms with Gasteiger partial charge in [-0.1, -0.05) is 0 Å². The summed E-state index contributed by atoms with van der Waals surface area (Å²) in [6.45, 7) is 1.53. The van der Waals surface area contributed by atoms with Crippen molar-refractivity contribution in [3.05, 3.63) is 29.1 Å². The Morgan fingerprint density at radius 3 is 2.46 bits per heavy atom. The second kappa shape index (κ2) is 3.33. The summed E-state index contributed by atoms with van der Waals surface area (Å²) < 4.78 is 36.6. The smallest absolute Gasteiger partial charge is 0.325 e. The van der Waals surface area contributed by atoms with E-state index in [4.69, 9.17) is 5.73 Å². The molecule has 1 aromatic heterocycles. The van der Waals surface area contributed by atoms with E-state index in [2.05, 4.69) is 4.98 Å². The molecule has 1 rings (SSSR count). The summed E-state index contributed by atoms with van der Waals surface area (Å²) in [5.74, 6) is 0. The van der Waals surface area contributed by atoms with Gasteiger partial charge in [-0.3, -0.25) is 4.98 Å². The molecular formula is C8H9F3N2. The number of hydrogen-bond donors (Lipinski definition) is 1. The van der Waals surface area contributed by atoms with Gasteiger partial charge in [-0.25, -0.2) is 0 Å². The molecule has 0 amide bonds. The van der Waals surface area contributed by atoms with Crippen LogP contribution in [0.2, 0.25) is 0 Å². The average Bonchev–Trinajstić information content (AvgIpc) is 2.01. The zero-order valence-electron chi connectivity index (χ0n) is 7.02. The standard InChI is InChI=1S/C8H9F3N2/c1-5-2-6(8(9,10)11)3-7(4-12)13-5/h2-3H,4,12H2,1H3. The molecule has 5 heteroatoms. The molecule has 0 radical (unpaired) electrons. The highest BCUT2D eigenvalue weighted by atomic mass is 19.4. The van der Waals surface area contributed by atoms with Crippen molar-refractivity contribution in [3.63, 3.8) is 0 Å². The molecule has 0 saturated heterocycles. The normalized spacial score (nSPS) is 11.8. The molecular weight excluding hydrogens is 181 g/mol. The Hall–Kier alpha value is -1.10. The van der Waals surface area contributed by atoms with Crippen molar-refractivity contribution >= 4 is 0 Å². The number of aryl methyl sites for hydroxylation is 1. The van der Waals surface area contributed by atoms with Crippen molar-refractivity contribution in [2.45, 2.75) is 19.6 Å². The molecule has 1 aromatic rings. The third-order valence-electron chi connectivity index (χ3n) is 1.54. The summed E-state index contributed by atoms with van der Waals surface area (Å²) in [4.78, 5) is 3.84. The molecule has 0 aliphatic rings. The van der Waals surface area contributed by atoms with Crippen LogP contribution >= 0.6 is 0 Å². The number of halogens is 3. The van der Waals surface area contributed by atoms with E-state index < -0.39 is 11.7 Å². The van der Waals surface area contributed by atoms with Crippen molar-refractivity contribution in [1.29, 1.82) is 0 Å². The first kappa shape index (κ1) is 9.98. The molecule has 0 aliphatic heterocycles. The highest BCUT2D eigenvalue weighted by Crippen LogP contribution is 2.29. The maximum Gasteiger partial charge on any atom is 0.416 e. The van der Waals surface area contributed by atoms with Crippen LogP contribution in [0.4, 0.5) is 13.2 Å². The summed E-state index contributed by atoms with van der Waals surface area (Å²) in [6, 6.07) is 1.96. The molecule has 0 aromatic carbocycles. The molecule has 0 fully saturated rings. The lowest BCUT2D eigenvalue weighted by molar-refractivity contribution is -0.137. The first-order valence-electron chi connectivity index (χ1n) is 3.68. The van der Waals surface area contributed by atoms with Gasteiger partial charge in [0.25, 0.3) is 0 Å². The molecule has 0 aliphatic carbocycles. The van der Waals surface area contributed by atoms with Crippen molar-refractivity contribution in [2.75, 3.05) is 0 Å². The maximum atomic E-state index is 12.2. The number of aromatic nitrogens is 1. The van der Waals surface area contributed by atoms with Crippen LogP contribution in [0.3, 0.4) is 0 Å². The van der Waals surface area contributed by atoms with Gasteiger partial charge in [-0.15, -0.1) is 0 Å². The first-order chi connectivity index (χ1) is 5.93. The minimum atomic E-state index is -4.32. The molecule has 0 spiro atoms. The van der Waals surface area contributed by atoms with E-state index in [0.29, 0.717) is 5.69 Å². The Morgan fingerprint density at radius 1 is 1.38 bits per heavy atom. The van der Waals surface area contributed by atoms with Crippen LogP contribution in [0, 0.1) is 6.92 Å². The van der Waals surface area contributed by atoms with Crippen molar-refractivity contribution in [3.8, 4) is 0 Å². The Labute approximate surface area is 73.6 Å². The van der Waals surface area contributed by atoms with Gasteiger partial charge in [0.05, 0.1) is 11.3 Å². The van der Waals surface area contributed by atoms with Crippen LogP contribution < -0.4 is 5.73 Å². The Balaban J connectivity index is 3.16. The van der Waals surface area contributed by atoms with E-state index in [9.17, 15) is 13.2 Å². The van der Waals surface area contributed by atoms with E-state index in [1.807, 2.05) is 0 Å². The van der Waals surface area contributed by atoms with Crippen molar-refractivity contribution < 1.29 is 13.2 Å². The summed E-state index contributed by atoms with van der Waals surface area (Å²) in [6.07, 6.45) is -4.32. The Kier molecular flexibility index (Phi) is 2.56. The predicted molar refractivity (Wildman–Crippen MR) is 41.9 cm³/mol. The third-order valence-corrected chi connectivity index (χ3v) is 1.54. The lowest BCUT2D eigenvalue weighted by atomic mass is 10.2. The zero-order valence-corrected chi connectivity index (χ0v) is 7.02. The van der Waals surface area contributed by atoms with Crippen LogP contribution in [-0.2, 0) is 12.7 Å². The summed E-state index contributed by atoms with van der Waals surface area (Å²) in [5, 5.41) is 0. The van der Waals surface area contributed by atoms with Crippen LogP contribution in [-0.4, -0.2) is 4.98 Å². The molecule has 13 heavy (non-hydrogen) atoms. The third kappa shape index (κ3) is 2.42. The van der Waals surface area contributed by atoms with Crippen LogP contribution in [0.15, 0.2) is 12.1 Å². The van der Waals surface area contributed by atoms with E-state index in [-0.39, 0.29) is 12.2 Å². The molecule has 72 valence electrons. The topological polar surface area (TPSA) is 38.9 Å². The molecule has 0 saturated carbocycles. The summed E-state index contributed by atoms with van der Waals surface area (Å²) in [5.41, 5.74) is 5.09. The highest BCUT2D eigenvalue weighted by Gasteiger charge is 2.30. The largest absolute Gasteiger partial charge is 0.416 e. The maximum absolute atomic E-state index is 12.2. The lowest BCUT2D eigenvalue weighted by Gasteiger charge is -2.08. The summed E-state index contributed by atoms with van der Waals surface area (Å²) in [7, 11) is 0. The Morgan fingerprint density at radius 2 is 2.00 bits per heavy atom. The zero-order chi connectivity index (χ0) is 10.1. The second-order valence-corrected chi connectivity index (χ2v) is 2.69. The van der Waals surface area contributed by atoms with Crippen molar-refractivity contribution in [2.24, 2.45) is 5.73 Å². The highest BCUT2D eigenvalue weighted by molar-refractivity contribution is 5.23. The summed E-state index contributed by atoms with van der Waals surface area (Å²) >= 11 is 0. The first-order valence-corrected chi connectivity index (χ1v) is 3.68. The van der Waals surface area contributed by atoms with Gasteiger partial charge in [-0.05, 0) is 19.1 Å². The number of nitrogens with zero attached hydrogens (tertiary/aromatic N) is 1. The minimum Gasteiger partial charge on any atom is -0.325 e. The number of rotatable bonds is 1. The molecule has 2 nitrogen and oxygen atoms in total. The quantitative estimate of drug-likeness (QED) is 0.734. The van der Waals surface area contributed by atoms with Crippen LogP contribution in [0.25, 0.3) is 0 Å². The lowest BCUT2D eigenvalue weighted by Crippen LogP contribution is -2.09. The van der Waals surface area contributed by atoms with E-state index in [1.54, 1.807) is 0 Å². The van der Waals surface area contributed by atoms with Gasteiger partial charge < -0.3 is 5.73 Å². The molecule has 2 N–H and O–H groups in total. The Bertz CT molecular complexity index is 307. The van der Waals surface area contributed by atoms with Gasteiger partial charge in [0.2, 0.25) is 0 Å². The fourth-order valence-corrected chi connectivity index (χ4v) is 1.01. The molecule has 1 heterocycles. The fraction of sp³-hybridized carbons (Fsp3) is 0.375.